The summed E-state index contributed by atoms with van der Waals surface area (Å²) in [7, 11) is 0. The van der Waals surface area contributed by atoms with Crippen LogP contribution in [0.3, 0.4) is 0 Å². The molecule has 0 aliphatic carbocycles. The Morgan fingerprint density at radius 1 is 1.30 bits per heavy atom. The van der Waals surface area contributed by atoms with Crippen LogP contribution < -0.4 is 5.32 Å². The molecular formula is C15H22N2O3. The van der Waals surface area contributed by atoms with Crippen LogP contribution in [-0.2, 0) is 16.1 Å². The lowest BCUT2D eigenvalue weighted by atomic mass is 10.1. The van der Waals surface area contributed by atoms with Crippen LogP contribution in [0.25, 0.3) is 0 Å². The fraction of sp³-hybridized carbons (Fsp3) is 0.467. The first-order valence-corrected chi connectivity index (χ1v) is 6.74. The number of amides is 1. The van der Waals surface area contributed by atoms with Crippen molar-refractivity contribution in [1.29, 1.82) is 0 Å². The number of carbonyl (C=O) groups excluding carboxylic acids is 1. The first-order valence-electron chi connectivity index (χ1n) is 6.74. The molecule has 0 spiro atoms. The summed E-state index contributed by atoms with van der Waals surface area (Å²) in [5.41, 5.74) is 1.86. The highest BCUT2D eigenvalue weighted by atomic mass is 16.4. The van der Waals surface area contributed by atoms with Gasteiger partial charge in [0.1, 0.15) is 0 Å². The highest BCUT2D eigenvalue weighted by molar-refractivity contribution is 5.88. The third-order valence-corrected chi connectivity index (χ3v) is 3.08. The SMILES string of the molecule is CCN(Cc1ccc(NC(C)=O)cc1)CC(C)C(=O)O. The second kappa shape index (κ2) is 7.65. The molecule has 0 aliphatic heterocycles. The van der Waals surface area contributed by atoms with Gasteiger partial charge in [-0.3, -0.25) is 14.5 Å². The van der Waals surface area contributed by atoms with E-state index >= 15 is 0 Å². The Balaban J connectivity index is 2.61. The van der Waals surface area contributed by atoms with Crippen LogP contribution in [0.15, 0.2) is 24.3 Å². The number of hydrogen-bond donors (Lipinski definition) is 2. The summed E-state index contributed by atoms with van der Waals surface area (Å²) < 4.78 is 0. The van der Waals surface area contributed by atoms with Crippen molar-refractivity contribution in [1.82, 2.24) is 4.90 Å². The molecule has 0 aromatic heterocycles. The van der Waals surface area contributed by atoms with Crippen molar-refractivity contribution >= 4 is 17.6 Å². The lowest BCUT2D eigenvalue weighted by molar-refractivity contribution is -0.141. The molecule has 1 unspecified atom stereocenters. The maximum Gasteiger partial charge on any atom is 0.307 e. The Morgan fingerprint density at radius 2 is 1.90 bits per heavy atom. The van der Waals surface area contributed by atoms with E-state index < -0.39 is 5.97 Å². The Morgan fingerprint density at radius 3 is 2.35 bits per heavy atom. The number of anilines is 1. The maximum absolute atomic E-state index is 10.9. The molecule has 0 bridgehead atoms. The molecule has 0 aliphatic rings. The number of hydrogen-bond acceptors (Lipinski definition) is 3. The molecule has 0 radical (unpaired) electrons. The number of rotatable bonds is 7. The first kappa shape index (κ1) is 16.2. The average Bonchev–Trinajstić information content (AvgIpc) is 2.39. The van der Waals surface area contributed by atoms with Gasteiger partial charge in [-0.2, -0.15) is 0 Å². The zero-order chi connectivity index (χ0) is 15.1. The van der Waals surface area contributed by atoms with Crippen molar-refractivity contribution in [2.45, 2.75) is 27.3 Å². The monoisotopic (exact) mass is 278 g/mol. The van der Waals surface area contributed by atoms with E-state index in [2.05, 4.69) is 10.2 Å². The lowest BCUT2D eigenvalue weighted by Gasteiger charge is -2.22. The fourth-order valence-corrected chi connectivity index (χ4v) is 1.93. The van der Waals surface area contributed by atoms with Crippen LogP contribution >= 0.6 is 0 Å². The zero-order valence-electron chi connectivity index (χ0n) is 12.2. The van der Waals surface area contributed by atoms with Gasteiger partial charge in [0.05, 0.1) is 5.92 Å². The van der Waals surface area contributed by atoms with E-state index in [9.17, 15) is 9.59 Å². The van der Waals surface area contributed by atoms with Gasteiger partial charge < -0.3 is 10.4 Å². The van der Waals surface area contributed by atoms with Crippen LogP contribution in [0.5, 0.6) is 0 Å². The van der Waals surface area contributed by atoms with Gasteiger partial charge in [-0.25, -0.2) is 0 Å². The van der Waals surface area contributed by atoms with Gasteiger partial charge in [0.2, 0.25) is 5.91 Å². The normalized spacial score (nSPS) is 12.2. The van der Waals surface area contributed by atoms with Gasteiger partial charge in [0.15, 0.2) is 0 Å². The highest BCUT2D eigenvalue weighted by Crippen LogP contribution is 2.12. The Labute approximate surface area is 119 Å². The minimum absolute atomic E-state index is 0.0942. The zero-order valence-corrected chi connectivity index (χ0v) is 12.2. The number of aliphatic carboxylic acids is 1. The van der Waals surface area contributed by atoms with Crippen LogP contribution in [0.1, 0.15) is 26.3 Å². The Bertz CT molecular complexity index is 457. The molecule has 0 saturated heterocycles. The quantitative estimate of drug-likeness (QED) is 0.802. The van der Waals surface area contributed by atoms with Crippen molar-refractivity contribution in [3.8, 4) is 0 Å². The predicted octanol–water partition coefficient (Wildman–Crippen LogP) is 2.19. The molecule has 5 nitrogen and oxygen atoms in total. The molecule has 1 aromatic carbocycles. The second-order valence-electron chi connectivity index (χ2n) is 4.95. The van der Waals surface area contributed by atoms with Crippen LogP contribution in [0, 0.1) is 5.92 Å². The van der Waals surface area contributed by atoms with E-state index in [4.69, 9.17) is 5.11 Å². The summed E-state index contributed by atoms with van der Waals surface area (Å²) in [5.74, 6) is -1.25. The summed E-state index contributed by atoms with van der Waals surface area (Å²) in [6, 6.07) is 7.59. The Hall–Kier alpha value is -1.88. The largest absolute Gasteiger partial charge is 0.481 e. The molecule has 0 fully saturated rings. The number of carboxylic acid groups (broad SMARTS) is 1. The fourth-order valence-electron chi connectivity index (χ4n) is 1.93. The summed E-state index contributed by atoms with van der Waals surface area (Å²) in [4.78, 5) is 23.9. The van der Waals surface area contributed by atoms with Crippen molar-refractivity contribution in [2.75, 3.05) is 18.4 Å². The topological polar surface area (TPSA) is 69.6 Å². The maximum atomic E-state index is 10.9. The summed E-state index contributed by atoms with van der Waals surface area (Å²) in [6.45, 7) is 7.23. The average molecular weight is 278 g/mol. The standard InChI is InChI=1S/C15H22N2O3/c1-4-17(9-11(2)15(19)20)10-13-5-7-14(8-6-13)16-12(3)18/h5-8,11H,4,9-10H2,1-3H3,(H,16,18)(H,19,20). The molecule has 1 rings (SSSR count). The van der Waals surface area contributed by atoms with Gasteiger partial charge in [-0.05, 0) is 24.2 Å². The van der Waals surface area contributed by atoms with Crippen molar-refractivity contribution in [2.24, 2.45) is 5.92 Å². The van der Waals surface area contributed by atoms with Crippen LogP contribution in [0.4, 0.5) is 5.69 Å². The summed E-state index contributed by atoms with van der Waals surface area (Å²) in [6.07, 6.45) is 0. The molecule has 20 heavy (non-hydrogen) atoms. The van der Waals surface area contributed by atoms with Gasteiger partial charge in [-0.15, -0.1) is 0 Å². The first-order chi connectivity index (χ1) is 9.42. The molecule has 110 valence electrons. The van der Waals surface area contributed by atoms with E-state index in [1.165, 1.54) is 6.92 Å². The molecule has 5 heteroatoms. The van der Waals surface area contributed by atoms with Gasteiger partial charge >= 0.3 is 5.97 Å². The van der Waals surface area contributed by atoms with Crippen molar-refractivity contribution in [3.63, 3.8) is 0 Å². The van der Waals surface area contributed by atoms with E-state index in [-0.39, 0.29) is 11.8 Å². The predicted molar refractivity (Wildman–Crippen MR) is 78.5 cm³/mol. The number of nitrogens with one attached hydrogen (secondary N) is 1. The molecule has 1 aromatic rings. The highest BCUT2D eigenvalue weighted by Gasteiger charge is 2.15. The van der Waals surface area contributed by atoms with Crippen molar-refractivity contribution < 1.29 is 14.7 Å². The second-order valence-corrected chi connectivity index (χ2v) is 4.95. The van der Waals surface area contributed by atoms with Crippen LogP contribution in [-0.4, -0.2) is 35.0 Å². The minimum Gasteiger partial charge on any atom is -0.481 e. The minimum atomic E-state index is -0.774. The molecular weight excluding hydrogens is 256 g/mol. The third kappa shape index (κ3) is 5.40. The van der Waals surface area contributed by atoms with Gasteiger partial charge in [0.25, 0.3) is 0 Å². The Kier molecular flexibility index (Phi) is 6.18. The lowest BCUT2D eigenvalue weighted by Crippen LogP contribution is -2.31. The van der Waals surface area contributed by atoms with E-state index in [0.717, 1.165) is 17.8 Å². The van der Waals surface area contributed by atoms with E-state index in [0.29, 0.717) is 13.1 Å². The van der Waals surface area contributed by atoms with E-state index in [1.807, 2.05) is 31.2 Å². The number of carbonyl (C=O) groups is 2. The number of nitrogens with zero attached hydrogens (tertiary/aromatic N) is 1. The smallest absolute Gasteiger partial charge is 0.307 e. The molecule has 0 saturated carbocycles. The molecule has 1 amide bonds. The third-order valence-electron chi connectivity index (χ3n) is 3.08. The molecule has 1 atom stereocenters. The summed E-state index contributed by atoms with van der Waals surface area (Å²) >= 11 is 0. The number of carboxylic acids is 1. The molecule has 2 N–H and O–H groups in total. The van der Waals surface area contributed by atoms with E-state index in [1.54, 1.807) is 6.92 Å². The van der Waals surface area contributed by atoms with Crippen LogP contribution in [0.2, 0.25) is 0 Å². The van der Waals surface area contributed by atoms with Crippen molar-refractivity contribution in [3.05, 3.63) is 29.8 Å². The molecule has 0 heterocycles. The number of benzene rings is 1. The van der Waals surface area contributed by atoms with Gasteiger partial charge in [0, 0.05) is 25.7 Å². The van der Waals surface area contributed by atoms with Gasteiger partial charge in [-0.1, -0.05) is 26.0 Å². The summed E-state index contributed by atoms with van der Waals surface area (Å²) in [5, 5.41) is 11.7.